The SMILES string of the molecule is Cc1ccc(C)c(CSc2ccc(CCl)cc2)c1. The van der Waals surface area contributed by atoms with Gasteiger partial charge >= 0.3 is 0 Å². The number of alkyl halides is 1. The summed E-state index contributed by atoms with van der Waals surface area (Å²) in [7, 11) is 0. The summed E-state index contributed by atoms with van der Waals surface area (Å²) >= 11 is 7.66. The molecule has 2 aromatic carbocycles. The van der Waals surface area contributed by atoms with Gasteiger partial charge in [-0.3, -0.25) is 0 Å². The Kier molecular flexibility index (Phi) is 4.73. The Balaban J connectivity index is 2.04. The Labute approximate surface area is 118 Å². The molecule has 0 N–H and O–H groups in total. The Bertz CT molecular complexity index is 517. The molecule has 0 bridgehead atoms. The first-order valence-corrected chi connectivity index (χ1v) is 7.55. The summed E-state index contributed by atoms with van der Waals surface area (Å²) < 4.78 is 0. The van der Waals surface area contributed by atoms with E-state index < -0.39 is 0 Å². The summed E-state index contributed by atoms with van der Waals surface area (Å²) in [5, 5.41) is 0. The molecule has 0 unspecified atom stereocenters. The van der Waals surface area contributed by atoms with E-state index in [1.54, 1.807) is 0 Å². The highest BCUT2D eigenvalue weighted by Crippen LogP contribution is 2.25. The average molecular weight is 277 g/mol. The number of thioether (sulfide) groups is 1. The minimum atomic E-state index is 0.585. The van der Waals surface area contributed by atoms with Crippen molar-refractivity contribution in [3.8, 4) is 0 Å². The predicted molar refractivity (Wildman–Crippen MR) is 81.5 cm³/mol. The fourth-order valence-corrected chi connectivity index (χ4v) is 2.93. The van der Waals surface area contributed by atoms with E-state index >= 15 is 0 Å². The fraction of sp³-hybridized carbons (Fsp3) is 0.250. The van der Waals surface area contributed by atoms with Crippen LogP contribution in [0.5, 0.6) is 0 Å². The molecule has 2 rings (SSSR count). The standard InChI is InChI=1S/C16H17ClS/c1-12-3-4-13(2)15(9-12)11-18-16-7-5-14(10-17)6-8-16/h3-9H,10-11H2,1-2H3. The van der Waals surface area contributed by atoms with Crippen LogP contribution in [0.25, 0.3) is 0 Å². The van der Waals surface area contributed by atoms with Gasteiger partial charge in [-0.25, -0.2) is 0 Å². The number of rotatable bonds is 4. The van der Waals surface area contributed by atoms with Crippen molar-refractivity contribution in [1.29, 1.82) is 0 Å². The van der Waals surface area contributed by atoms with Crippen molar-refractivity contribution in [1.82, 2.24) is 0 Å². The molecule has 0 radical (unpaired) electrons. The summed E-state index contributed by atoms with van der Waals surface area (Å²) in [6, 6.07) is 15.1. The Hall–Kier alpha value is -0.920. The Morgan fingerprint density at radius 1 is 1.00 bits per heavy atom. The molecule has 0 heterocycles. The van der Waals surface area contributed by atoms with Crippen molar-refractivity contribution in [2.24, 2.45) is 0 Å². The van der Waals surface area contributed by atoms with Crippen molar-refractivity contribution >= 4 is 23.4 Å². The summed E-state index contributed by atoms with van der Waals surface area (Å²) in [4.78, 5) is 1.30. The van der Waals surface area contributed by atoms with Crippen LogP contribution in [-0.4, -0.2) is 0 Å². The molecule has 0 spiro atoms. The van der Waals surface area contributed by atoms with Gasteiger partial charge in [-0.05, 0) is 42.7 Å². The van der Waals surface area contributed by atoms with Crippen LogP contribution in [0, 0.1) is 13.8 Å². The van der Waals surface area contributed by atoms with Crippen molar-refractivity contribution in [3.63, 3.8) is 0 Å². The molecule has 2 aromatic rings. The third-order valence-corrected chi connectivity index (χ3v) is 4.35. The third kappa shape index (κ3) is 3.54. The molecular weight excluding hydrogens is 260 g/mol. The topological polar surface area (TPSA) is 0 Å². The van der Waals surface area contributed by atoms with E-state index in [0.29, 0.717) is 5.88 Å². The van der Waals surface area contributed by atoms with Crippen LogP contribution >= 0.6 is 23.4 Å². The number of hydrogen-bond donors (Lipinski definition) is 0. The maximum atomic E-state index is 5.78. The van der Waals surface area contributed by atoms with Crippen molar-refractivity contribution in [2.45, 2.75) is 30.4 Å². The summed E-state index contributed by atoms with van der Waals surface area (Å²) in [6.45, 7) is 4.31. The molecule has 0 fully saturated rings. The highest BCUT2D eigenvalue weighted by Gasteiger charge is 2.01. The van der Waals surface area contributed by atoms with Gasteiger partial charge in [-0.1, -0.05) is 35.9 Å². The van der Waals surface area contributed by atoms with Gasteiger partial charge in [-0.15, -0.1) is 23.4 Å². The number of aryl methyl sites for hydroxylation is 2. The Morgan fingerprint density at radius 3 is 2.39 bits per heavy atom. The molecule has 0 atom stereocenters. The molecule has 0 aromatic heterocycles. The van der Waals surface area contributed by atoms with Crippen molar-refractivity contribution < 1.29 is 0 Å². The van der Waals surface area contributed by atoms with Gasteiger partial charge in [0, 0.05) is 16.5 Å². The predicted octanol–water partition coefficient (Wildman–Crippen LogP) is 5.33. The second-order valence-corrected chi connectivity index (χ2v) is 5.81. The third-order valence-electron chi connectivity index (χ3n) is 2.98. The minimum absolute atomic E-state index is 0.585. The summed E-state index contributed by atoms with van der Waals surface area (Å²) in [5.74, 6) is 1.61. The first kappa shape index (κ1) is 13.5. The second kappa shape index (κ2) is 6.31. The van der Waals surface area contributed by atoms with Gasteiger partial charge < -0.3 is 0 Å². The van der Waals surface area contributed by atoms with Crippen LogP contribution in [0.4, 0.5) is 0 Å². The van der Waals surface area contributed by atoms with Gasteiger partial charge in [0.05, 0.1) is 0 Å². The van der Waals surface area contributed by atoms with Crippen LogP contribution in [0.2, 0.25) is 0 Å². The normalized spacial score (nSPS) is 10.6. The van der Waals surface area contributed by atoms with Crippen molar-refractivity contribution in [2.75, 3.05) is 0 Å². The minimum Gasteiger partial charge on any atom is -0.122 e. The molecule has 0 amide bonds. The van der Waals surface area contributed by atoms with Gasteiger partial charge in [0.1, 0.15) is 0 Å². The van der Waals surface area contributed by atoms with Crippen LogP contribution in [0.1, 0.15) is 22.3 Å². The smallest absolute Gasteiger partial charge is 0.0474 e. The monoisotopic (exact) mass is 276 g/mol. The van der Waals surface area contributed by atoms with Gasteiger partial charge in [0.2, 0.25) is 0 Å². The first-order chi connectivity index (χ1) is 8.69. The van der Waals surface area contributed by atoms with E-state index in [9.17, 15) is 0 Å². The largest absolute Gasteiger partial charge is 0.122 e. The Morgan fingerprint density at radius 2 is 1.72 bits per heavy atom. The lowest BCUT2D eigenvalue weighted by atomic mass is 10.1. The van der Waals surface area contributed by atoms with Crippen LogP contribution in [0.15, 0.2) is 47.4 Å². The molecule has 0 saturated heterocycles. The van der Waals surface area contributed by atoms with Crippen LogP contribution < -0.4 is 0 Å². The number of benzene rings is 2. The molecule has 0 saturated carbocycles. The number of hydrogen-bond acceptors (Lipinski definition) is 1. The quantitative estimate of drug-likeness (QED) is 0.537. The highest BCUT2D eigenvalue weighted by molar-refractivity contribution is 7.98. The summed E-state index contributed by atoms with van der Waals surface area (Å²) in [5.41, 5.74) is 5.29. The molecule has 0 aliphatic heterocycles. The molecule has 18 heavy (non-hydrogen) atoms. The van der Waals surface area contributed by atoms with Crippen LogP contribution in [0.3, 0.4) is 0 Å². The lowest BCUT2D eigenvalue weighted by Crippen LogP contribution is -1.88. The van der Waals surface area contributed by atoms with Gasteiger partial charge in [0.25, 0.3) is 0 Å². The zero-order chi connectivity index (χ0) is 13.0. The average Bonchev–Trinajstić information content (AvgIpc) is 2.40. The van der Waals surface area contributed by atoms with Crippen molar-refractivity contribution in [3.05, 3.63) is 64.7 Å². The maximum absolute atomic E-state index is 5.78. The van der Waals surface area contributed by atoms with E-state index in [4.69, 9.17) is 11.6 Å². The first-order valence-electron chi connectivity index (χ1n) is 6.03. The molecule has 0 aliphatic rings. The molecule has 2 heteroatoms. The molecule has 0 nitrogen and oxygen atoms in total. The van der Waals surface area contributed by atoms with E-state index in [-0.39, 0.29) is 0 Å². The maximum Gasteiger partial charge on any atom is 0.0474 e. The zero-order valence-corrected chi connectivity index (χ0v) is 12.3. The van der Waals surface area contributed by atoms with Gasteiger partial charge in [-0.2, -0.15) is 0 Å². The van der Waals surface area contributed by atoms with E-state index in [2.05, 4.69) is 56.3 Å². The highest BCUT2D eigenvalue weighted by atomic mass is 35.5. The lowest BCUT2D eigenvalue weighted by molar-refractivity contribution is 1.26. The van der Waals surface area contributed by atoms with E-state index in [1.165, 1.54) is 27.1 Å². The van der Waals surface area contributed by atoms with Crippen LogP contribution in [-0.2, 0) is 11.6 Å². The van der Waals surface area contributed by atoms with E-state index in [1.807, 2.05) is 11.8 Å². The molecular formula is C16H17ClS. The lowest BCUT2D eigenvalue weighted by Gasteiger charge is -2.07. The summed E-state index contributed by atoms with van der Waals surface area (Å²) in [6.07, 6.45) is 0. The second-order valence-electron chi connectivity index (χ2n) is 4.50. The van der Waals surface area contributed by atoms with E-state index in [0.717, 1.165) is 5.75 Å². The molecule has 0 aliphatic carbocycles. The zero-order valence-electron chi connectivity index (χ0n) is 10.7. The molecule has 94 valence electrons. The van der Waals surface area contributed by atoms with Gasteiger partial charge in [0.15, 0.2) is 0 Å². The fourth-order valence-electron chi connectivity index (χ4n) is 1.79. The number of halogens is 1.